The second-order valence-electron chi connectivity index (χ2n) is 5.44. The molecule has 0 aliphatic carbocycles. The average Bonchev–Trinajstić information content (AvgIpc) is 2.60. The molecule has 1 amide bonds. The molecule has 0 saturated heterocycles. The molecule has 0 unspecified atom stereocenters. The SMILES string of the molecule is CN(Cc1ccccc1)C(=O)/C=C/c1cccc2cccnc12. The number of nitrogens with zero attached hydrogens (tertiary/aromatic N) is 2. The minimum absolute atomic E-state index is 0.0261. The van der Waals surface area contributed by atoms with Gasteiger partial charge in [0.2, 0.25) is 5.91 Å². The first kappa shape index (κ1) is 15.0. The highest BCUT2D eigenvalue weighted by atomic mass is 16.2. The highest BCUT2D eigenvalue weighted by molar-refractivity contribution is 5.95. The van der Waals surface area contributed by atoms with E-state index in [1.54, 1.807) is 24.2 Å². The molecule has 0 N–H and O–H groups in total. The fraction of sp³-hybridized carbons (Fsp3) is 0.100. The summed E-state index contributed by atoms with van der Waals surface area (Å²) in [5.41, 5.74) is 2.97. The van der Waals surface area contributed by atoms with Crippen LogP contribution in [0.2, 0.25) is 0 Å². The van der Waals surface area contributed by atoms with E-state index < -0.39 is 0 Å². The molecule has 0 radical (unpaired) electrons. The largest absolute Gasteiger partial charge is 0.338 e. The quantitative estimate of drug-likeness (QED) is 0.685. The fourth-order valence-corrected chi connectivity index (χ4v) is 2.49. The van der Waals surface area contributed by atoms with Crippen LogP contribution in [0.5, 0.6) is 0 Å². The molecule has 3 heteroatoms. The van der Waals surface area contributed by atoms with Crippen molar-refractivity contribution in [3.05, 3.63) is 84.1 Å². The van der Waals surface area contributed by atoms with Gasteiger partial charge in [-0.1, -0.05) is 54.6 Å². The minimum atomic E-state index is -0.0261. The summed E-state index contributed by atoms with van der Waals surface area (Å²) in [6, 6.07) is 19.8. The first-order valence-corrected chi connectivity index (χ1v) is 7.55. The van der Waals surface area contributed by atoms with E-state index in [1.165, 1.54) is 0 Å². The van der Waals surface area contributed by atoms with Crippen LogP contribution in [0, 0.1) is 0 Å². The van der Waals surface area contributed by atoms with E-state index in [1.807, 2.05) is 66.7 Å². The third kappa shape index (κ3) is 3.64. The number of likely N-dealkylation sites (N-methyl/N-ethyl adjacent to an activating group) is 1. The Balaban J connectivity index is 1.75. The first-order chi connectivity index (χ1) is 11.2. The van der Waals surface area contributed by atoms with Crippen LogP contribution in [-0.4, -0.2) is 22.8 Å². The second kappa shape index (κ2) is 6.88. The summed E-state index contributed by atoms with van der Waals surface area (Å²) in [5.74, 6) is -0.0261. The number of benzene rings is 2. The number of rotatable bonds is 4. The maximum absolute atomic E-state index is 12.3. The lowest BCUT2D eigenvalue weighted by Gasteiger charge is -2.15. The third-order valence-electron chi connectivity index (χ3n) is 3.71. The van der Waals surface area contributed by atoms with Crippen molar-refractivity contribution in [2.45, 2.75) is 6.54 Å². The van der Waals surface area contributed by atoms with Gasteiger partial charge in [0, 0.05) is 36.8 Å². The number of carbonyl (C=O) groups excluding carboxylic acids is 1. The lowest BCUT2D eigenvalue weighted by Crippen LogP contribution is -2.24. The Kier molecular flexibility index (Phi) is 4.48. The smallest absolute Gasteiger partial charge is 0.246 e. The van der Waals surface area contributed by atoms with Gasteiger partial charge >= 0.3 is 0 Å². The molecule has 3 aromatic rings. The molecule has 0 atom stereocenters. The van der Waals surface area contributed by atoms with E-state index in [0.717, 1.165) is 22.0 Å². The maximum Gasteiger partial charge on any atom is 0.246 e. The van der Waals surface area contributed by atoms with Gasteiger partial charge in [0.25, 0.3) is 0 Å². The van der Waals surface area contributed by atoms with Gasteiger partial charge in [-0.15, -0.1) is 0 Å². The monoisotopic (exact) mass is 302 g/mol. The average molecular weight is 302 g/mol. The number of pyridine rings is 1. The van der Waals surface area contributed by atoms with Gasteiger partial charge in [0.15, 0.2) is 0 Å². The Bertz CT molecular complexity index is 835. The Morgan fingerprint density at radius 3 is 2.65 bits per heavy atom. The summed E-state index contributed by atoms with van der Waals surface area (Å²) in [6.07, 6.45) is 5.20. The molecule has 3 rings (SSSR count). The topological polar surface area (TPSA) is 33.2 Å². The Morgan fingerprint density at radius 1 is 1.04 bits per heavy atom. The molecule has 1 heterocycles. The summed E-state index contributed by atoms with van der Waals surface area (Å²) < 4.78 is 0. The highest BCUT2D eigenvalue weighted by Gasteiger charge is 2.06. The van der Waals surface area contributed by atoms with Gasteiger partial charge in [0.05, 0.1) is 5.52 Å². The lowest BCUT2D eigenvalue weighted by atomic mass is 10.1. The number of aromatic nitrogens is 1. The predicted octanol–water partition coefficient (Wildman–Crippen LogP) is 3.91. The Morgan fingerprint density at radius 2 is 1.83 bits per heavy atom. The number of amides is 1. The highest BCUT2D eigenvalue weighted by Crippen LogP contribution is 2.17. The van der Waals surface area contributed by atoms with Crippen molar-refractivity contribution in [1.82, 2.24) is 9.88 Å². The van der Waals surface area contributed by atoms with Crippen molar-refractivity contribution in [3.8, 4) is 0 Å². The van der Waals surface area contributed by atoms with Crippen molar-refractivity contribution >= 4 is 22.9 Å². The second-order valence-corrected chi connectivity index (χ2v) is 5.44. The zero-order valence-corrected chi connectivity index (χ0v) is 13.0. The Labute approximate surface area is 135 Å². The zero-order valence-electron chi connectivity index (χ0n) is 13.0. The summed E-state index contributed by atoms with van der Waals surface area (Å²) in [5, 5.41) is 1.07. The molecule has 23 heavy (non-hydrogen) atoms. The maximum atomic E-state index is 12.3. The van der Waals surface area contributed by atoms with Gasteiger partial charge in [0.1, 0.15) is 0 Å². The molecular weight excluding hydrogens is 284 g/mol. The predicted molar refractivity (Wildman–Crippen MR) is 93.7 cm³/mol. The van der Waals surface area contributed by atoms with Crippen molar-refractivity contribution in [2.24, 2.45) is 0 Å². The van der Waals surface area contributed by atoms with E-state index in [4.69, 9.17) is 0 Å². The van der Waals surface area contributed by atoms with Gasteiger partial charge in [-0.3, -0.25) is 9.78 Å². The van der Waals surface area contributed by atoms with Gasteiger partial charge in [-0.25, -0.2) is 0 Å². The number of para-hydroxylation sites is 1. The van der Waals surface area contributed by atoms with Gasteiger partial charge in [-0.05, 0) is 17.7 Å². The number of fused-ring (bicyclic) bond motifs is 1. The standard InChI is InChI=1S/C20H18N2O/c1-22(15-16-7-3-2-4-8-16)19(23)13-12-18-10-5-9-17-11-6-14-21-20(17)18/h2-14H,15H2,1H3/b13-12+. The lowest BCUT2D eigenvalue weighted by molar-refractivity contribution is -0.125. The fourth-order valence-electron chi connectivity index (χ4n) is 2.49. The van der Waals surface area contributed by atoms with Gasteiger partial charge < -0.3 is 4.90 Å². The Hall–Kier alpha value is -2.94. The van der Waals surface area contributed by atoms with Crippen molar-refractivity contribution in [2.75, 3.05) is 7.05 Å². The van der Waals surface area contributed by atoms with Crippen molar-refractivity contribution in [3.63, 3.8) is 0 Å². The van der Waals surface area contributed by atoms with E-state index in [-0.39, 0.29) is 5.91 Å². The van der Waals surface area contributed by atoms with Crippen LogP contribution in [0.25, 0.3) is 17.0 Å². The molecule has 0 saturated carbocycles. The first-order valence-electron chi connectivity index (χ1n) is 7.55. The molecule has 0 aliphatic heterocycles. The molecule has 3 nitrogen and oxygen atoms in total. The molecule has 114 valence electrons. The van der Waals surface area contributed by atoms with Crippen LogP contribution in [0.3, 0.4) is 0 Å². The van der Waals surface area contributed by atoms with E-state index in [0.29, 0.717) is 6.54 Å². The number of hydrogen-bond donors (Lipinski definition) is 0. The van der Waals surface area contributed by atoms with Crippen LogP contribution >= 0.6 is 0 Å². The molecule has 0 fully saturated rings. The van der Waals surface area contributed by atoms with Crippen LogP contribution in [0.1, 0.15) is 11.1 Å². The van der Waals surface area contributed by atoms with Crippen LogP contribution < -0.4 is 0 Å². The van der Waals surface area contributed by atoms with Crippen molar-refractivity contribution in [1.29, 1.82) is 0 Å². The summed E-state index contributed by atoms with van der Waals surface area (Å²) in [7, 11) is 1.81. The van der Waals surface area contributed by atoms with E-state index in [9.17, 15) is 4.79 Å². The van der Waals surface area contributed by atoms with E-state index >= 15 is 0 Å². The summed E-state index contributed by atoms with van der Waals surface area (Å²) in [6.45, 7) is 0.595. The molecule has 1 aromatic heterocycles. The molecule has 2 aromatic carbocycles. The molecular formula is C20H18N2O. The summed E-state index contributed by atoms with van der Waals surface area (Å²) >= 11 is 0. The minimum Gasteiger partial charge on any atom is -0.338 e. The normalized spacial score (nSPS) is 11.0. The molecule has 0 spiro atoms. The third-order valence-corrected chi connectivity index (χ3v) is 3.71. The number of carbonyl (C=O) groups is 1. The zero-order chi connectivity index (χ0) is 16.1. The number of hydrogen-bond acceptors (Lipinski definition) is 2. The molecule has 0 aliphatic rings. The van der Waals surface area contributed by atoms with Gasteiger partial charge in [-0.2, -0.15) is 0 Å². The molecule has 0 bridgehead atoms. The van der Waals surface area contributed by atoms with Crippen LogP contribution in [0.15, 0.2) is 72.9 Å². The van der Waals surface area contributed by atoms with Crippen LogP contribution in [0.4, 0.5) is 0 Å². The van der Waals surface area contributed by atoms with Crippen LogP contribution in [-0.2, 0) is 11.3 Å². The summed E-state index contributed by atoms with van der Waals surface area (Å²) in [4.78, 5) is 18.4. The van der Waals surface area contributed by atoms with Crippen molar-refractivity contribution < 1.29 is 4.79 Å². The van der Waals surface area contributed by atoms with E-state index in [2.05, 4.69) is 4.98 Å².